The van der Waals surface area contributed by atoms with Crippen LogP contribution in [0, 0.1) is 16.0 Å². The third-order valence-electron chi connectivity index (χ3n) is 5.30. The zero-order valence-corrected chi connectivity index (χ0v) is 16.4. The molecule has 0 spiro atoms. The summed E-state index contributed by atoms with van der Waals surface area (Å²) in [7, 11) is 0. The van der Waals surface area contributed by atoms with Gasteiger partial charge < -0.3 is 14.2 Å². The molecule has 1 unspecified atom stereocenters. The van der Waals surface area contributed by atoms with Gasteiger partial charge in [0.25, 0.3) is 5.69 Å². The fourth-order valence-electron chi connectivity index (χ4n) is 3.76. The van der Waals surface area contributed by atoms with E-state index in [0.717, 1.165) is 25.7 Å². The van der Waals surface area contributed by atoms with E-state index in [9.17, 15) is 14.9 Å². The first-order valence-corrected chi connectivity index (χ1v) is 10.2. The van der Waals surface area contributed by atoms with Crippen LogP contribution in [0.15, 0.2) is 18.2 Å². The molecule has 1 atom stereocenters. The van der Waals surface area contributed by atoms with Crippen molar-refractivity contribution in [1.82, 2.24) is 0 Å². The standard InChI is InChI=1S/C20H21NO6S/c1-2-12-3-4-17-13(5-12)8-18(28-17)20(22)26-10-15-7-16(21(23)24)6-14-9-25-11-27-19(14)15/h6-8,12H,2-5,9-11H2,1H3. The molecular weight excluding hydrogens is 382 g/mol. The van der Waals surface area contributed by atoms with Crippen molar-refractivity contribution in [2.45, 2.75) is 45.8 Å². The minimum Gasteiger partial charge on any atom is -0.467 e. The second kappa shape index (κ2) is 7.89. The van der Waals surface area contributed by atoms with Crippen molar-refractivity contribution in [1.29, 1.82) is 0 Å². The predicted octanol–water partition coefficient (Wildman–Crippen LogP) is 4.39. The zero-order valence-electron chi connectivity index (χ0n) is 15.6. The number of nitro benzene ring substituents is 1. The van der Waals surface area contributed by atoms with E-state index in [4.69, 9.17) is 14.2 Å². The summed E-state index contributed by atoms with van der Waals surface area (Å²) >= 11 is 1.49. The predicted molar refractivity (Wildman–Crippen MR) is 103 cm³/mol. The van der Waals surface area contributed by atoms with Gasteiger partial charge in [0.1, 0.15) is 17.2 Å². The molecule has 28 heavy (non-hydrogen) atoms. The number of rotatable bonds is 5. The van der Waals surface area contributed by atoms with Crippen molar-refractivity contribution in [2.24, 2.45) is 5.92 Å². The lowest BCUT2D eigenvalue weighted by Crippen LogP contribution is -2.14. The van der Waals surface area contributed by atoms with Crippen LogP contribution in [-0.2, 0) is 35.5 Å². The Morgan fingerprint density at radius 1 is 1.36 bits per heavy atom. The number of thiophene rings is 1. The van der Waals surface area contributed by atoms with Gasteiger partial charge in [0, 0.05) is 28.1 Å². The maximum atomic E-state index is 12.6. The summed E-state index contributed by atoms with van der Waals surface area (Å²) in [5.74, 6) is 0.780. The van der Waals surface area contributed by atoms with Crippen LogP contribution in [0.2, 0.25) is 0 Å². The lowest BCUT2D eigenvalue weighted by molar-refractivity contribution is -0.385. The van der Waals surface area contributed by atoms with E-state index in [2.05, 4.69) is 6.92 Å². The average Bonchev–Trinajstić information content (AvgIpc) is 3.14. The number of fused-ring (bicyclic) bond motifs is 2. The highest BCUT2D eigenvalue weighted by molar-refractivity contribution is 7.14. The molecule has 1 aromatic carbocycles. The van der Waals surface area contributed by atoms with Gasteiger partial charge in [-0.2, -0.15) is 0 Å². The first kappa shape index (κ1) is 18.9. The van der Waals surface area contributed by atoms with E-state index in [1.165, 1.54) is 33.9 Å². The van der Waals surface area contributed by atoms with Gasteiger partial charge in [-0.3, -0.25) is 10.1 Å². The molecule has 0 N–H and O–H groups in total. The highest BCUT2D eigenvalue weighted by Gasteiger charge is 2.24. The number of hydrogen-bond donors (Lipinski definition) is 0. The molecule has 1 aliphatic carbocycles. The van der Waals surface area contributed by atoms with Gasteiger partial charge in [-0.15, -0.1) is 11.3 Å². The molecule has 0 amide bonds. The van der Waals surface area contributed by atoms with Crippen LogP contribution in [0.4, 0.5) is 5.69 Å². The molecule has 0 fully saturated rings. The smallest absolute Gasteiger partial charge is 0.348 e. The maximum Gasteiger partial charge on any atom is 0.348 e. The Morgan fingerprint density at radius 2 is 2.21 bits per heavy atom. The molecular formula is C20H21NO6S. The highest BCUT2D eigenvalue weighted by atomic mass is 32.1. The molecule has 0 bridgehead atoms. The fourth-order valence-corrected chi connectivity index (χ4v) is 4.86. The van der Waals surface area contributed by atoms with Crippen molar-refractivity contribution in [2.75, 3.05) is 6.79 Å². The first-order valence-electron chi connectivity index (χ1n) is 9.34. The average molecular weight is 403 g/mol. The number of esters is 1. The summed E-state index contributed by atoms with van der Waals surface area (Å²) in [5, 5.41) is 11.2. The maximum absolute atomic E-state index is 12.6. The SMILES string of the molecule is CCC1CCc2sc(C(=O)OCc3cc([N+](=O)[O-])cc4c3OCOC4)cc2C1. The molecule has 1 aromatic heterocycles. The zero-order chi connectivity index (χ0) is 19.7. The summed E-state index contributed by atoms with van der Waals surface area (Å²) in [6.07, 6.45) is 4.34. The Hall–Kier alpha value is -2.45. The van der Waals surface area contributed by atoms with Crippen LogP contribution < -0.4 is 4.74 Å². The van der Waals surface area contributed by atoms with Crippen LogP contribution in [0.3, 0.4) is 0 Å². The van der Waals surface area contributed by atoms with Gasteiger partial charge in [0.2, 0.25) is 0 Å². The molecule has 2 aromatic rings. The minimum atomic E-state index is -0.475. The number of carbonyl (C=O) groups is 1. The number of non-ortho nitro benzene ring substituents is 1. The monoisotopic (exact) mass is 403 g/mol. The van der Waals surface area contributed by atoms with E-state index in [-0.39, 0.29) is 25.7 Å². The molecule has 0 saturated heterocycles. The quantitative estimate of drug-likeness (QED) is 0.418. The summed E-state index contributed by atoms with van der Waals surface area (Å²) in [5.41, 5.74) is 2.25. The van der Waals surface area contributed by atoms with E-state index in [1.54, 1.807) is 0 Å². The number of hydrogen-bond acceptors (Lipinski definition) is 7. The van der Waals surface area contributed by atoms with E-state index >= 15 is 0 Å². The largest absolute Gasteiger partial charge is 0.467 e. The van der Waals surface area contributed by atoms with Crippen LogP contribution in [0.25, 0.3) is 0 Å². The van der Waals surface area contributed by atoms with E-state index in [0.29, 0.717) is 27.7 Å². The van der Waals surface area contributed by atoms with Crippen molar-refractivity contribution in [3.8, 4) is 5.75 Å². The van der Waals surface area contributed by atoms with E-state index in [1.807, 2.05) is 6.07 Å². The molecule has 7 nitrogen and oxygen atoms in total. The minimum absolute atomic E-state index is 0.0714. The molecule has 148 valence electrons. The second-order valence-corrected chi connectivity index (χ2v) is 8.25. The van der Waals surface area contributed by atoms with Crippen LogP contribution in [0.5, 0.6) is 5.75 Å². The van der Waals surface area contributed by atoms with Gasteiger partial charge in [-0.1, -0.05) is 13.3 Å². The summed E-state index contributed by atoms with van der Waals surface area (Å²) in [6, 6.07) is 4.76. The van der Waals surface area contributed by atoms with Gasteiger partial charge in [0.05, 0.1) is 11.5 Å². The summed E-state index contributed by atoms with van der Waals surface area (Å²) in [4.78, 5) is 25.1. The number of ether oxygens (including phenoxy) is 3. The van der Waals surface area contributed by atoms with Crippen LogP contribution in [-0.4, -0.2) is 17.7 Å². The first-order chi connectivity index (χ1) is 13.5. The third-order valence-corrected chi connectivity index (χ3v) is 6.52. The van der Waals surface area contributed by atoms with Crippen molar-refractivity contribution in [3.05, 3.63) is 54.8 Å². The van der Waals surface area contributed by atoms with Gasteiger partial charge >= 0.3 is 5.97 Å². The molecule has 2 aliphatic rings. The lowest BCUT2D eigenvalue weighted by atomic mass is 9.87. The lowest BCUT2D eigenvalue weighted by Gasteiger charge is -2.20. The van der Waals surface area contributed by atoms with Crippen molar-refractivity contribution in [3.63, 3.8) is 0 Å². The topological polar surface area (TPSA) is 87.9 Å². The summed E-state index contributed by atoms with van der Waals surface area (Å²) in [6.45, 7) is 2.42. The Labute approximate surface area is 166 Å². The molecule has 0 saturated carbocycles. The molecule has 0 radical (unpaired) electrons. The van der Waals surface area contributed by atoms with Gasteiger partial charge in [-0.25, -0.2) is 4.79 Å². The Bertz CT molecular complexity index is 922. The Kier molecular flexibility index (Phi) is 5.32. The number of nitrogens with zero attached hydrogens (tertiary/aromatic N) is 1. The van der Waals surface area contributed by atoms with Gasteiger partial charge in [0.15, 0.2) is 6.79 Å². The normalized spacial score (nSPS) is 18.0. The Balaban J connectivity index is 1.50. The number of benzene rings is 1. The molecule has 1 aliphatic heterocycles. The van der Waals surface area contributed by atoms with E-state index < -0.39 is 10.9 Å². The molecule has 2 heterocycles. The summed E-state index contributed by atoms with van der Waals surface area (Å²) < 4.78 is 16.2. The van der Waals surface area contributed by atoms with Crippen LogP contribution in [0.1, 0.15) is 51.0 Å². The number of nitro groups is 1. The molecule has 8 heteroatoms. The van der Waals surface area contributed by atoms with Crippen molar-refractivity contribution >= 4 is 23.0 Å². The Morgan fingerprint density at radius 3 is 3.00 bits per heavy atom. The van der Waals surface area contributed by atoms with Crippen LogP contribution >= 0.6 is 11.3 Å². The van der Waals surface area contributed by atoms with Gasteiger partial charge in [-0.05, 0) is 36.8 Å². The second-order valence-electron chi connectivity index (χ2n) is 7.11. The third kappa shape index (κ3) is 3.74. The highest BCUT2D eigenvalue weighted by Crippen LogP contribution is 2.35. The van der Waals surface area contributed by atoms with Crippen molar-refractivity contribution < 1.29 is 23.9 Å². The number of aryl methyl sites for hydroxylation is 1. The fraction of sp³-hybridized carbons (Fsp3) is 0.450. The molecule has 4 rings (SSSR count). The number of carbonyl (C=O) groups excluding carboxylic acids is 1.